The molecule has 2 unspecified atom stereocenters. The molecule has 2 aliphatic rings. The SMILES string of the molecule is CC1(C)CC1C(O)C1=CCCC1. The van der Waals surface area contributed by atoms with Crippen LogP contribution < -0.4 is 0 Å². The van der Waals surface area contributed by atoms with E-state index in [1.807, 2.05) is 0 Å². The fraction of sp³-hybridized carbons (Fsp3) is 0.818. The lowest BCUT2D eigenvalue weighted by molar-refractivity contribution is 0.168. The summed E-state index contributed by atoms with van der Waals surface area (Å²) in [5, 5.41) is 9.96. The van der Waals surface area contributed by atoms with Crippen molar-refractivity contribution in [1.82, 2.24) is 0 Å². The topological polar surface area (TPSA) is 20.2 Å². The van der Waals surface area contributed by atoms with Crippen molar-refractivity contribution in [2.24, 2.45) is 11.3 Å². The number of aliphatic hydroxyl groups is 1. The second kappa shape index (κ2) is 2.59. The van der Waals surface area contributed by atoms with E-state index >= 15 is 0 Å². The van der Waals surface area contributed by atoms with Gasteiger partial charge < -0.3 is 5.11 Å². The van der Waals surface area contributed by atoms with Crippen LogP contribution in [-0.2, 0) is 0 Å². The highest BCUT2D eigenvalue weighted by atomic mass is 16.3. The minimum Gasteiger partial charge on any atom is -0.388 e. The van der Waals surface area contributed by atoms with Crippen molar-refractivity contribution in [2.75, 3.05) is 0 Å². The first-order valence-electron chi connectivity index (χ1n) is 4.98. The maximum atomic E-state index is 9.96. The van der Waals surface area contributed by atoms with E-state index in [0.717, 1.165) is 6.42 Å². The third kappa shape index (κ3) is 1.31. The van der Waals surface area contributed by atoms with Crippen molar-refractivity contribution in [3.05, 3.63) is 11.6 Å². The van der Waals surface area contributed by atoms with Gasteiger partial charge in [-0.2, -0.15) is 0 Å². The van der Waals surface area contributed by atoms with Gasteiger partial charge in [-0.25, -0.2) is 0 Å². The van der Waals surface area contributed by atoms with E-state index in [-0.39, 0.29) is 6.10 Å². The van der Waals surface area contributed by atoms with Gasteiger partial charge in [-0.05, 0) is 42.6 Å². The van der Waals surface area contributed by atoms with Gasteiger partial charge in [0.05, 0.1) is 6.10 Å². The summed E-state index contributed by atoms with van der Waals surface area (Å²) in [6.07, 6.45) is 6.87. The zero-order valence-electron chi connectivity index (χ0n) is 8.01. The molecular formula is C11H18O. The Morgan fingerprint density at radius 1 is 1.58 bits per heavy atom. The number of hydrogen-bond donors (Lipinski definition) is 1. The second-order valence-corrected chi connectivity index (χ2v) is 4.92. The zero-order chi connectivity index (χ0) is 8.77. The molecule has 2 aliphatic carbocycles. The average Bonchev–Trinajstić information content (AvgIpc) is 2.56. The fourth-order valence-corrected chi connectivity index (χ4v) is 2.27. The van der Waals surface area contributed by atoms with Crippen molar-refractivity contribution in [3.8, 4) is 0 Å². The third-order valence-corrected chi connectivity index (χ3v) is 3.43. The van der Waals surface area contributed by atoms with Crippen LogP contribution in [0.1, 0.15) is 39.5 Å². The molecule has 68 valence electrons. The van der Waals surface area contributed by atoms with Gasteiger partial charge in [0, 0.05) is 0 Å². The predicted molar refractivity (Wildman–Crippen MR) is 49.8 cm³/mol. The van der Waals surface area contributed by atoms with Crippen molar-refractivity contribution < 1.29 is 5.11 Å². The molecule has 12 heavy (non-hydrogen) atoms. The first-order chi connectivity index (χ1) is 5.61. The van der Waals surface area contributed by atoms with Crippen LogP contribution in [0.4, 0.5) is 0 Å². The van der Waals surface area contributed by atoms with Crippen LogP contribution in [0, 0.1) is 11.3 Å². The maximum absolute atomic E-state index is 9.96. The average molecular weight is 166 g/mol. The van der Waals surface area contributed by atoms with E-state index in [1.54, 1.807) is 0 Å². The molecule has 2 rings (SSSR count). The summed E-state index contributed by atoms with van der Waals surface area (Å²) in [5.41, 5.74) is 1.72. The van der Waals surface area contributed by atoms with Crippen LogP contribution >= 0.6 is 0 Å². The number of allylic oxidation sites excluding steroid dienone is 1. The van der Waals surface area contributed by atoms with Gasteiger partial charge >= 0.3 is 0 Å². The van der Waals surface area contributed by atoms with E-state index < -0.39 is 0 Å². The molecule has 1 nitrogen and oxygen atoms in total. The Labute approximate surface area is 74.5 Å². The summed E-state index contributed by atoms with van der Waals surface area (Å²) < 4.78 is 0. The quantitative estimate of drug-likeness (QED) is 0.625. The molecule has 1 fully saturated rings. The highest BCUT2D eigenvalue weighted by Crippen LogP contribution is 2.55. The first-order valence-corrected chi connectivity index (χ1v) is 4.98. The maximum Gasteiger partial charge on any atom is 0.0783 e. The van der Waals surface area contributed by atoms with Crippen LogP contribution in [0.25, 0.3) is 0 Å². The fourth-order valence-electron chi connectivity index (χ4n) is 2.27. The Bertz CT molecular complexity index is 215. The Morgan fingerprint density at radius 2 is 2.25 bits per heavy atom. The monoisotopic (exact) mass is 166 g/mol. The molecular weight excluding hydrogens is 148 g/mol. The van der Waals surface area contributed by atoms with Gasteiger partial charge in [-0.3, -0.25) is 0 Å². The minimum absolute atomic E-state index is 0.123. The third-order valence-electron chi connectivity index (χ3n) is 3.43. The van der Waals surface area contributed by atoms with Crippen molar-refractivity contribution >= 4 is 0 Å². The molecule has 0 radical (unpaired) electrons. The predicted octanol–water partition coefficient (Wildman–Crippen LogP) is 2.50. The highest BCUT2D eigenvalue weighted by Gasteiger charge is 2.50. The van der Waals surface area contributed by atoms with E-state index in [9.17, 15) is 5.11 Å². The number of hydrogen-bond acceptors (Lipinski definition) is 1. The van der Waals surface area contributed by atoms with E-state index in [0.29, 0.717) is 11.3 Å². The Kier molecular flexibility index (Phi) is 1.80. The van der Waals surface area contributed by atoms with Crippen LogP contribution in [0.3, 0.4) is 0 Å². The van der Waals surface area contributed by atoms with E-state index in [1.165, 1.54) is 24.8 Å². The van der Waals surface area contributed by atoms with Crippen LogP contribution in [0.5, 0.6) is 0 Å². The summed E-state index contributed by atoms with van der Waals surface area (Å²) in [7, 11) is 0. The smallest absolute Gasteiger partial charge is 0.0783 e. The standard InChI is InChI=1S/C11H18O/c1-11(2)7-9(11)10(12)8-5-3-4-6-8/h5,9-10,12H,3-4,6-7H2,1-2H3. The number of rotatable bonds is 2. The summed E-state index contributed by atoms with van der Waals surface area (Å²) in [6, 6.07) is 0. The molecule has 1 heteroatoms. The van der Waals surface area contributed by atoms with Crippen LogP contribution in [0.2, 0.25) is 0 Å². The van der Waals surface area contributed by atoms with Gasteiger partial charge in [-0.1, -0.05) is 19.9 Å². The molecule has 0 heterocycles. The lowest BCUT2D eigenvalue weighted by Gasteiger charge is -2.13. The van der Waals surface area contributed by atoms with Gasteiger partial charge in [0.1, 0.15) is 0 Å². The van der Waals surface area contributed by atoms with E-state index in [2.05, 4.69) is 19.9 Å². The number of aliphatic hydroxyl groups excluding tert-OH is 1. The van der Waals surface area contributed by atoms with Crippen molar-refractivity contribution in [1.29, 1.82) is 0 Å². The van der Waals surface area contributed by atoms with Gasteiger partial charge in [0.25, 0.3) is 0 Å². The molecule has 0 amide bonds. The summed E-state index contributed by atoms with van der Waals surface area (Å²) >= 11 is 0. The largest absolute Gasteiger partial charge is 0.388 e. The Hall–Kier alpha value is -0.300. The summed E-state index contributed by atoms with van der Waals surface area (Å²) in [6.45, 7) is 4.49. The molecule has 0 spiro atoms. The first kappa shape index (κ1) is 8.31. The van der Waals surface area contributed by atoms with Gasteiger partial charge in [0.2, 0.25) is 0 Å². The van der Waals surface area contributed by atoms with Crippen molar-refractivity contribution in [2.45, 2.75) is 45.6 Å². The second-order valence-electron chi connectivity index (χ2n) is 4.92. The van der Waals surface area contributed by atoms with Crippen LogP contribution in [0.15, 0.2) is 11.6 Å². The molecule has 0 bridgehead atoms. The van der Waals surface area contributed by atoms with Gasteiger partial charge in [-0.15, -0.1) is 0 Å². The molecule has 1 saturated carbocycles. The molecule has 0 aromatic heterocycles. The molecule has 0 aromatic rings. The summed E-state index contributed by atoms with van der Waals surface area (Å²) in [5.74, 6) is 0.543. The normalized spacial score (nSPS) is 34.6. The lowest BCUT2D eigenvalue weighted by atomic mass is 9.99. The van der Waals surface area contributed by atoms with Crippen LogP contribution in [-0.4, -0.2) is 11.2 Å². The molecule has 1 N–H and O–H groups in total. The minimum atomic E-state index is -0.123. The zero-order valence-corrected chi connectivity index (χ0v) is 8.01. The van der Waals surface area contributed by atoms with Gasteiger partial charge in [0.15, 0.2) is 0 Å². The Morgan fingerprint density at radius 3 is 2.67 bits per heavy atom. The molecule has 0 aliphatic heterocycles. The molecule has 2 atom stereocenters. The lowest BCUT2D eigenvalue weighted by Crippen LogP contribution is -2.14. The Balaban J connectivity index is 1.97. The van der Waals surface area contributed by atoms with E-state index in [4.69, 9.17) is 0 Å². The molecule has 0 aromatic carbocycles. The van der Waals surface area contributed by atoms with Crippen molar-refractivity contribution in [3.63, 3.8) is 0 Å². The molecule has 0 saturated heterocycles. The summed E-state index contributed by atoms with van der Waals surface area (Å²) in [4.78, 5) is 0. The highest BCUT2D eigenvalue weighted by molar-refractivity contribution is 5.18.